The predicted octanol–water partition coefficient (Wildman–Crippen LogP) is 3.70. The van der Waals surface area contributed by atoms with E-state index < -0.39 is 15.9 Å². The zero-order valence-corrected chi connectivity index (χ0v) is 20.1. The van der Waals surface area contributed by atoms with Crippen LogP contribution in [-0.2, 0) is 4.79 Å². The van der Waals surface area contributed by atoms with Gasteiger partial charge in [0, 0.05) is 12.1 Å². The van der Waals surface area contributed by atoms with E-state index in [2.05, 4.69) is 25.9 Å². The van der Waals surface area contributed by atoms with Crippen molar-refractivity contribution in [3.8, 4) is 40.1 Å². The number of rotatable bonds is 7. The summed E-state index contributed by atoms with van der Waals surface area (Å²) in [5.41, 5.74) is 0.338. The lowest BCUT2D eigenvalue weighted by atomic mass is 10.1. The van der Waals surface area contributed by atoms with Gasteiger partial charge in [0.15, 0.2) is 11.5 Å². The van der Waals surface area contributed by atoms with E-state index >= 15 is 0 Å². The molecule has 0 atom stereocenters. The fourth-order valence-corrected chi connectivity index (χ4v) is 3.10. The maximum absolute atomic E-state index is 12.9. The number of alkyl halides is 1. The number of halogens is 1. The average molecular weight is 507 g/mol. The summed E-state index contributed by atoms with van der Waals surface area (Å²) >= 11 is 3.28. The number of esters is 1. The van der Waals surface area contributed by atoms with Gasteiger partial charge in [-0.3, -0.25) is 9.59 Å². The van der Waals surface area contributed by atoms with E-state index in [4.69, 9.17) is 23.7 Å². The van der Waals surface area contributed by atoms with Crippen LogP contribution in [0.1, 0.15) is 13.8 Å². The van der Waals surface area contributed by atoms with Gasteiger partial charge >= 0.3 is 5.97 Å². The van der Waals surface area contributed by atoms with Crippen LogP contribution in [0.25, 0.3) is 22.3 Å². The molecule has 0 bridgehead atoms. The third kappa shape index (κ3) is 4.36. The molecule has 1 aromatic heterocycles. The summed E-state index contributed by atoms with van der Waals surface area (Å²) in [5, 5.41) is 0.275. The Balaban J connectivity index is 2.26. The maximum Gasteiger partial charge on any atom is 0.327 e. The first-order valence-corrected chi connectivity index (χ1v) is 10.3. The van der Waals surface area contributed by atoms with Crippen molar-refractivity contribution in [3.63, 3.8) is 0 Å². The van der Waals surface area contributed by atoms with Gasteiger partial charge in [0.25, 0.3) is 5.56 Å². The molecular formula is C22H23BrN2O7. The summed E-state index contributed by atoms with van der Waals surface area (Å²) < 4.78 is 26.1. The van der Waals surface area contributed by atoms with Gasteiger partial charge in [-0.25, -0.2) is 4.98 Å². The van der Waals surface area contributed by atoms with Gasteiger partial charge in [-0.2, -0.15) is 0 Å². The van der Waals surface area contributed by atoms with Crippen molar-refractivity contribution in [2.45, 2.75) is 18.2 Å². The van der Waals surface area contributed by atoms with Crippen LogP contribution in [0.5, 0.6) is 28.7 Å². The number of hydrogen-bond acceptors (Lipinski definition) is 8. The monoisotopic (exact) mass is 506 g/mol. The molecule has 0 aliphatic carbocycles. The fourth-order valence-electron chi connectivity index (χ4n) is 3.02. The van der Waals surface area contributed by atoms with Gasteiger partial charge in [0.1, 0.15) is 27.0 Å². The van der Waals surface area contributed by atoms with E-state index in [9.17, 15) is 9.59 Å². The largest absolute Gasteiger partial charge is 0.497 e. The molecule has 32 heavy (non-hydrogen) atoms. The summed E-state index contributed by atoms with van der Waals surface area (Å²) in [5.74, 6) is 0.975. The second-order valence-electron chi connectivity index (χ2n) is 7.18. The normalized spacial score (nSPS) is 11.2. The third-order valence-corrected chi connectivity index (χ3v) is 4.96. The lowest BCUT2D eigenvalue weighted by Crippen LogP contribution is -2.29. The summed E-state index contributed by atoms with van der Waals surface area (Å²) in [6.45, 7) is 3.31. The summed E-state index contributed by atoms with van der Waals surface area (Å²) in [7, 11) is 5.83. The molecule has 170 valence electrons. The SMILES string of the molecule is COc1cc(OC)c2c(=O)[nH]c(-c3ccc(OC)c(OC(=O)C(C)(C)Br)c3OC)nc2c1. The second kappa shape index (κ2) is 9.07. The number of fused-ring (bicyclic) bond motifs is 1. The van der Waals surface area contributed by atoms with Crippen LogP contribution in [-0.4, -0.2) is 48.7 Å². The first kappa shape index (κ1) is 23.4. The number of carbonyl (C=O) groups excluding carboxylic acids is 1. The van der Waals surface area contributed by atoms with Crippen molar-refractivity contribution in [1.29, 1.82) is 0 Å². The van der Waals surface area contributed by atoms with E-state index in [1.165, 1.54) is 28.4 Å². The molecule has 10 heteroatoms. The molecule has 0 saturated heterocycles. The van der Waals surface area contributed by atoms with Crippen LogP contribution in [0, 0.1) is 0 Å². The van der Waals surface area contributed by atoms with Crippen molar-refractivity contribution < 1.29 is 28.5 Å². The molecular weight excluding hydrogens is 484 g/mol. The zero-order valence-electron chi connectivity index (χ0n) is 18.5. The highest BCUT2D eigenvalue weighted by molar-refractivity contribution is 9.10. The molecule has 2 aromatic carbocycles. The number of carbonyl (C=O) groups is 1. The summed E-state index contributed by atoms with van der Waals surface area (Å²) in [6, 6.07) is 6.47. The molecule has 0 aliphatic rings. The summed E-state index contributed by atoms with van der Waals surface area (Å²) in [6.07, 6.45) is 0. The Labute approximate surface area is 192 Å². The minimum atomic E-state index is -0.943. The van der Waals surface area contributed by atoms with Crippen LogP contribution < -0.4 is 29.2 Å². The number of H-pyrrole nitrogens is 1. The third-order valence-electron chi connectivity index (χ3n) is 4.64. The first-order valence-electron chi connectivity index (χ1n) is 9.47. The minimum absolute atomic E-state index is 0.0657. The van der Waals surface area contributed by atoms with Crippen LogP contribution in [0.3, 0.4) is 0 Å². The Morgan fingerprint density at radius 2 is 1.66 bits per heavy atom. The molecule has 3 aromatic rings. The van der Waals surface area contributed by atoms with Crippen LogP contribution in [0.2, 0.25) is 0 Å². The number of aromatic amines is 1. The van der Waals surface area contributed by atoms with Crippen LogP contribution in [0.15, 0.2) is 29.1 Å². The number of nitrogens with zero attached hydrogens (tertiary/aromatic N) is 1. The van der Waals surface area contributed by atoms with Crippen LogP contribution >= 0.6 is 15.9 Å². The Bertz CT molecular complexity index is 1230. The van der Waals surface area contributed by atoms with Gasteiger partial charge in [-0.1, -0.05) is 15.9 Å². The smallest absolute Gasteiger partial charge is 0.327 e. The van der Waals surface area contributed by atoms with Crippen molar-refractivity contribution in [1.82, 2.24) is 9.97 Å². The number of aromatic nitrogens is 2. The standard InChI is InChI=1S/C22H23BrN2O7/c1-22(2,23)21(27)32-18-14(29-4)8-7-12(17(18)31-6)19-24-13-9-11(28-3)10-15(30-5)16(13)20(26)25-19/h7-10H,1-6H3,(H,24,25,26). The lowest BCUT2D eigenvalue weighted by Gasteiger charge is -2.19. The highest BCUT2D eigenvalue weighted by Gasteiger charge is 2.30. The quantitative estimate of drug-likeness (QED) is 0.293. The van der Waals surface area contributed by atoms with Crippen molar-refractivity contribution >= 4 is 32.8 Å². The molecule has 1 heterocycles. The van der Waals surface area contributed by atoms with Crippen molar-refractivity contribution in [2.75, 3.05) is 28.4 Å². The summed E-state index contributed by atoms with van der Waals surface area (Å²) in [4.78, 5) is 32.7. The van der Waals surface area contributed by atoms with Gasteiger partial charge < -0.3 is 28.7 Å². The van der Waals surface area contributed by atoms with Crippen molar-refractivity contribution in [2.24, 2.45) is 0 Å². The predicted molar refractivity (Wildman–Crippen MR) is 123 cm³/mol. The molecule has 0 unspecified atom stereocenters. The molecule has 9 nitrogen and oxygen atoms in total. The number of benzene rings is 2. The maximum atomic E-state index is 12.9. The van der Waals surface area contributed by atoms with E-state index in [1.807, 2.05) is 0 Å². The molecule has 0 radical (unpaired) electrons. The Hall–Kier alpha value is -3.27. The highest BCUT2D eigenvalue weighted by Crippen LogP contribution is 2.44. The number of ether oxygens (including phenoxy) is 5. The second-order valence-corrected chi connectivity index (χ2v) is 9.16. The van der Waals surface area contributed by atoms with E-state index in [0.717, 1.165) is 0 Å². The Morgan fingerprint density at radius 3 is 2.22 bits per heavy atom. The topological polar surface area (TPSA) is 109 Å². The Morgan fingerprint density at radius 1 is 0.969 bits per heavy atom. The van der Waals surface area contributed by atoms with E-state index in [-0.39, 0.29) is 28.5 Å². The molecule has 1 N–H and O–H groups in total. The molecule has 0 aliphatic heterocycles. The number of nitrogens with one attached hydrogen (secondary N) is 1. The van der Waals surface area contributed by atoms with Gasteiger partial charge in [-0.15, -0.1) is 0 Å². The van der Waals surface area contributed by atoms with Gasteiger partial charge in [-0.05, 0) is 26.0 Å². The van der Waals surface area contributed by atoms with Crippen LogP contribution in [0.4, 0.5) is 0 Å². The zero-order chi connectivity index (χ0) is 23.6. The molecule has 3 rings (SSSR count). The Kier molecular flexibility index (Phi) is 6.63. The molecule has 0 amide bonds. The highest BCUT2D eigenvalue weighted by atomic mass is 79.9. The van der Waals surface area contributed by atoms with E-state index in [0.29, 0.717) is 22.6 Å². The van der Waals surface area contributed by atoms with E-state index in [1.54, 1.807) is 38.1 Å². The number of methoxy groups -OCH3 is 4. The molecule has 0 saturated carbocycles. The molecule has 0 spiro atoms. The first-order chi connectivity index (χ1) is 15.1. The molecule has 0 fully saturated rings. The number of hydrogen-bond donors (Lipinski definition) is 1. The minimum Gasteiger partial charge on any atom is -0.497 e. The van der Waals surface area contributed by atoms with Gasteiger partial charge in [0.05, 0.1) is 39.5 Å². The lowest BCUT2D eigenvalue weighted by molar-refractivity contribution is -0.136. The van der Waals surface area contributed by atoms with Gasteiger partial charge in [0.2, 0.25) is 5.75 Å². The average Bonchev–Trinajstić information content (AvgIpc) is 2.76. The fraction of sp³-hybridized carbons (Fsp3) is 0.318. The van der Waals surface area contributed by atoms with Crippen molar-refractivity contribution in [3.05, 3.63) is 34.6 Å².